The number of aromatic nitrogens is 1. The molecule has 4 rings (SSSR count). The van der Waals surface area contributed by atoms with Crippen molar-refractivity contribution >= 4 is 17.4 Å². The number of aliphatic hydroxyl groups is 1. The number of carbonyl (C=O) groups excluding carboxylic acids is 2. The number of halogens is 1. The first-order chi connectivity index (χ1) is 16.0. The maximum Gasteiger partial charge on any atom is 0.295 e. The number of carbonyl (C=O) groups is 2. The van der Waals surface area contributed by atoms with Crippen LogP contribution >= 0.6 is 0 Å². The molecule has 1 aromatic heterocycles. The molecule has 166 valence electrons. The van der Waals surface area contributed by atoms with Crippen LogP contribution in [0.5, 0.6) is 5.75 Å². The molecule has 1 saturated heterocycles. The lowest BCUT2D eigenvalue weighted by atomic mass is 9.95. The minimum Gasteiger partial charge on any atom is -0.507 e. The summed E-state index contributed by atoms with van der Waals surface area (Å²) in [6.07, 6.45) is 4.83. The fraction of sp³-hybridized carbons (Fsp3) is 0.115. The molecular weight excluding hydrogens is 423 g/mol. The lowest BCUT2D eigenvalue weighted by Crippen LogP contribution is -2.29. The average Bonchev–Trinajstić information content (AvgIpc) is 3.08. The molecule has 1 amide bonds. The second-order valence-corrected chi connectivity index (χ2v) is 7.47. The van der Waals surface area contributed by atoms with Gasteiger partial charge in [-0.25, -0.2) is 4.39 Å². The Morgan fingerprint density at radius 3 is 2.64 bits per heavy atom. The number of benzene rings is 2. The van der Waals surface area contributed by atoms with Crippen molar-refractivity contribution in [2.24, 2.45) is 0 Å². The molecule has 3 aromatic rings. The Morgan fingerprint density at radius 2 is 1.94 bits per heavy atom. The summed E-state index contributed by atoms with van der Waals surface area (Å²) < 4.78 is 19.0. The Morgan fingerprint density at radius 1 is 1.15 bits per heavy atom. The first kappa shape index (κ1) is 22.0. The Bertz CT molecular complexity index is 1220. The molecule has 1 aliphatic rings. The van der Waals surface area contributed by atoms with Gasteiger partial charge in [0.25, 0.3) is 11.7 Å². The highest BCUT2D eigenvalue weighted by Gasteiger charge is 2.46. The van der Waals surface area contributed by atoms with Crippen LogP contribution in [-0.4, -0.2) is 33.3 Å². The summed E-state index contributed by atoms with van der Waals surface area (Å²) in [4.78, 5) is 31.6. The van der Waals surface area contributed by atoms with Crippen molar-refractivity contribution in [3.05, 3.63) is 114 Å². The van der Waals surface area contributed by atoms with Gasteiger partial charge in [-0.15, -0.1) is 0 Å². The molecule has 0 aliphatic carbocycles. The van der Waals surface area contributed by atoms with Gasteiger partial charge in [0.15, 0.2) is 0 Å². The van der Waals surface area contributed by atoms with Gasteiger partial charge in [-0.05, 0) is 53.6 Å². The maximum atomic E-state index is 13.4. The van der Waals surface area contributed by atoms with Crippen molar-refractivity contribution in [3.63, 3.8) is 0 Å². The van der Waals surface area contributed by atoms with Crippen molar-refractivity contribution in [2.75, 3.05) is 6.61 Å². The molecule has 2 aromatic carbocycles. The van der Waals surface area contributed by atoms with Crippen molar-refractivity contribution in [2.45, 2.75) is 12.6 Å². The molecule has 0 spiro atoms. The van der Waals surface area contributed by atoms with E-state index in [9.17, 15) is 19.1 Å². The van der Waals surface area contributed by atoms with Crippen LogP contribution in [0.25, 0.3) is 5.76 Å². The molecule has 1 N–H and O–H groups in total. The predicted molar refractivity (Wildman–Crippen MR) is 121 cm³/mol. The van der Waals surface area contributed by atoms with Crippen molar-refractivity contribution in [3.8, 4) is 5.75 Å². The van der Waals surface area contributed by atoms with E-state index < -0.39 is 23.5 Å². The van der Waals surface area contributed by atoms with Crippen LogP contribution in [0, 0.1) is 5.82 Å². The van der Waals surface area contributed by atoms with Crippen molar-refractivity contribution in [1.29, 1.82) is 0 Å². The van der Waals surface area contributed by atoms with E-state index in [1.54, 1.807) is 54.9 Å². The summed E-state index contributed by atoms with van der Waals surface area (Å²) in [5.74, 6) is -1.88. The van der Waals surface area contributed by atoms with Gasteiger partial charge in [0.05, 0.1) is 11.6 Å². The first-order valence-corrected chi connectivity index (χ1v) is 10.3. The lowest BCUT2D eigenvalue weighted by Gasteiger charge is -2.25. The van der Waals surface area contributed by atoms with Crippen LogP contribution in [-0.2, 0) is 16.1 Å². The van der Waals surface area contributed by atoms with E-state index in [0.717, 1.165) is 5.56 Å². The van der Waals surface area contributed by atoms with Gasteiger partial charge in [-0.2, -0.15) is 0 Å². The number of aliphatic hydroxyl groups excluding tert-OH is 1. The SMILES string of the molecule is C=CCOc1cccc([C@@H]2/C(=C(\O)c3ccc(F)cc3)C(=O)C(=O)N2Cc2cccnc2)c1. The molecule has 0 saturated carbocycles. The number of amides is 1. The minimum atomic E-state index is -0.873. The molecule has 7 heteroatoms. The van der Waals surface area contributed by atoms with E-state index in [0.29, 0.717) is 11.3 Å². The summed E-state index contributed by atoms with van der Waals surface area (Å²) in [6, 6.07) is 14.7. The minimum absolute atomic E-state index is 0.0728. The highest BCUT2D eigenvalue weighted by atomic mass is 19.1. The van der Waals surface area contributed by atoms with E-state index in [2.05, 4.69) is 11.6 Å². The highest BCUT2D eigenvalue weighted by Crippen LogP contribution is 2.41. The Kier molecular flexibility index (Phi) is 6.31. The number of hydrogen-bond acceptors (Lipinski definition) is 5. The van der Waals surface area contributed by atoms with E-state index in [1.807, 2.05) is 0 Å². The fourth-order valence-electron chi connectivity index (χ4n) is 3.77. The van der Waals surface area contributed by atoms with Gasteiger partial charge in [0.2, 0.25) is 0 Å². The third-order valence-electron chi connectivity index (χ3n) is 5.28. The quantitative estimate of drug-likeness (QED) is 0.253. The summed E-state index contributed by atoms with van der Waals surface area (Å²) >= 11 is 0. The van der Waals surface area contributed by atoms with Crippen LogP contribution in [0.15, 0.2) is 91.3 Å². The summed E-state index contributed by atoms with van der Waals surface area (Å²) in [5.41, 5.74) is 1.48. The highest BCUT2D eigenvalue weighted by molar-refractivity contribution is 6.46. The molecular formula is C26H21FN2O4. The van der Waals surface area contributed by atoms with Gasteiger partial charge in [0, 0.05) is 24.5 Å². The summed E-state index contributed by atoms with van der Waals surface area (Å²) in [7, 11) is 0. The molecule has 0 bridgehead atoms. The zero-order valence-corrected chi connectivity index (χ0v) is 17.6. The number of hydrogen-bond donors (Lipinski definition) is 1. The topological polar surface area (TPSA) is 79.7 Å². The second kappa shape index (κ2) is 9.48. The van der Waals surface area contributed by atoms with E-state index >= 15 is 0 Å². The zero-order chi connectivity index (χ0) is 23.4. The van der Waals surface area contributed by atoms with Gasteiger partial charge in [0.1, 0.15) is 23.9 Å². The standard InChI is InChI=1S/C26H21FN2O4/c1-2-13-33-21-7-3-6-19(14-21)23-22(24(30)18-8-10-20(27)11-9-18)25(31)26(32)29(23)16-17-5-4-12-28-15-17/h2-12,14-15,23,30H,1,13,16H2/b24-22+/t23-/m1/s1. The number of nitrogens with zero attached hydrogens (tertiary/aromatic N) is 2. The molecule has 33 heavy (non-hydrogen) atoms. The van der Waals surface area contributed by atoms with Crippen molar-refractivity contribution < 1.29 is 23.8 Å². The van der Waals surface area contributed by atoms with Gasteiger partial charge in [-0.3, -0.25) is 14.6 Å². The molecule has 1 aliphatic heterocycles. The predicted octanol–water partition coefficient (Wildman–Crippen LogP) is 4.41. The normalized spacial score (nSPS) is 17.2. The number of ketones is 1. The number of Topliss-reactive ketones (excluding diaryl/α,β-unsaturated/α-hetero) is 1. The number of ether oxygens (including phenoxy) is 1. The average molecular weight is 444 g/mol. The van der Waals surface area contributed by atoms with Crippen LogP contribution < -0.4 is 4.74 Å². The van der Waals surface area contributed by atoms with Crippen LogP contribution in [0.2, 0.25) is 0 Å². The zero-order valence-electron chi connectivity index (χ0n) is 17.6. The molecule has 2 heterocycles. The molecule has 0 unspecified atom stereocenters. The van der Waals surface area contributed by atoms with E-state index in [4.69, 9.17) is 4.74 Å². The third-order valence-corrected chi connectivity index (χ3v) is 5.28. The van der Waals surface area contributed by atoms with Gasteiger partial charge in [-0.1, -0.05) is 30.9 Å². The Labute approximate surface area is 190 Å². The maximum absolute atomic E-state index is 13.4. The Hall–Kier alpha value is -4.26. The van der Waals surface area contributed by atoms with Crippen LogP contribution in [0.4, 0.5) is 4.39 Å². The second-order valence-electron chi connectivity index (χ2n) is 7.47. The van der Waals surface area contributed by atoms with Crippen LogP contribution in [0.1, 0.15) is 22.7 Å². The summed E-state index contributed by atoms with van der Waals surface area (Å²) in [5, 5.41) is 11.0. The first-order valence-electron chi connectivity index (χ1n) is 10.3. The lowest BCUT2D eigenvalue weighted by molar-refractivity contribution is -0.140. The smallest absolute Gasteiger partial charge is 0.295 e. The summed E-state index contributed by atoms with van der Waals surface area (Å²) in [6.45, 7) is 4.03. The third kappa shape index (κ3) is 4.52. The molecule has 6 nitrogen and oxygen atoms in total. The monoisotopic (exact) mass is 444 g/mol. The van der Waals surface area contributed by atoms with Gasteiger partial charge < -0.3 is 14.7 Å². The number of pyridine rings is 1. The Balaban J connectivity index is 1.84. The van der Waals surface area contributed by atoms with Crippen molar-refractivity contribution in [1.82, 2.24) is 9.88 Å². The van der Waals surface area contributed by atoms with Crippen LogP contribution in [0.3, 0.4) is 0 Å². The van der Waals surface area contributed by atoms with E-state index in [-0.39, 0.29) is 30.0 Å². The number of rotatable bonds is 7. The van der Waals surface area contributed by atoms with E-state index in [1.165, 1.54) is 29.2 Å². The molecule has 0 radical (unpaired) electrons. The molecule has 1 atom stereocenters. The molecule has 1 fully saturated rings. The van der Waals surface area contributed by atoms with Gasteiger partial charge >= 0.3 is 0 Å². The number of likely N-dealkylation sites (tertiary alicyclic amines) is 1. The fourth-order valence-corrected chi connectivity index (χ4v) is 3.77. The largest absolute Gasteiger partial charge is 0.507 e.